The normalized spacial score (nSPS) is 42.0. The van der Waals surface area contributed by atoms with E-state index < -0.39 is 5.79 Å². The summed E-state index contributed by atoms with van der Waals surface area (Å²) in [5, 5.41) is 9.42. The van der Waals surface area contributed by atoms with E-state index in [1.165, 1.54) is 0 Å². The zero-order valence-electron chi connectivity index (χ0n) is 6.12. The molecule has 0 radical (unpaired) electrons. The lowest BCUT2D eigenvalue weighted by atomic mass is 10.2. The van der Waals surface area contributed by atoms with Crippen LogP contribution in [0.25, 0.3) is 0 Å². The maximum absolute atomic E-state index is 9.42. The molecule has 0 bridgehead atoms. The van der Waals surface area contributed by atoms with Gasteiger partial charge in [-0.2, -0.15) is 0 Å². The third kappa shape index (κ3) is 1.13. The van der Waals surface area contributed by atoms with E-state index in [-0.39, 0.29) is 10.9 Å². The molecule has 1 spiro atoms. The van der Waals surface area contributed by atoms with Crippen LogP contribution in [0, 0.1) is 0 Å². The van der Waals surface area contributed by atoms with Crippen LogP contribution in [0.15, 0.2) is 0 Å². The number of alkyl halides is 1. The largest absolute Gasteiger partial charge is 0.392 e. The summed E-state index contributed by atoms with van der Waals surface area (Å²) in [5.41, 5.74) is 0. The Morgan fingerprint density at radius 3 is 2.45 bits per heavy atom. The van der Waals surface area contributed by atoms with Crippen molar-refractivity contribution in [1.29, 1.82) is 0 Å². The van der Waals surface area contributed by atoms with Crippen LogP contribution in [0.3, 0.4) is 0 Å². The number of rotatable bonds is 0. The third-order valence-electron chi connectivity index (χ3n) is 2.32. The highest BCUT2D eigenvalue weighted by Crippen LogP contribution is 2.41. The Morgan fingerprint density at radius 1 is 1.36 bits per heavy atom. The zero-order chi connectivity index (χ0) is 7.90. The molecule has 0 aromatic rings. The lowest BCUT2D eigenvalue weighted by Gasteiger charge is -2.25. The molecule has 2 aliphatic rings. The number of halogens is 1. The number of aliphatic hydroxyl groups is 1. The average Bonchev–Trinajstić information content (AvgIpc) is 2.56. The Kier molecular flexibility index (Phi) is 1.95. The average molecular weight is 223 g/mol. The van der Waals surface area contributed by atoms with E-state index in [2.05, 4.69) is 15.9 Å². The Morgan fingerprint density at radius 2 is 2.00 bits per heavy atom. The van der Waals surface area contributed by atoms with Crippen LogP contribution in [0.2, 0.25) is 0 Å². The molecule has 2 rings (SSSR count). The van der Waals surface area contributed by atoms with Crippen molar-refractivity contribution in [3.63, 3.8) is 0 Å². The van der Waals surface area contributed by atoms with Crippen molar-refractivity contribution >= 4 is 15.9 Å². The molecule has 2 atom stereocenters. The molecule has 0 aromatic carbocycles. The second-order valence-electron chi connectivity index (χ2n) is 3.02. The van der Waals surface area contributed by atoms with E-state index in [0.717, 1.165) is 12.8 Å². The highest BCUT2D eigenvalue weighted by atomic mass is 79.9. The summed E-state index contributed by atoms with van der Waals surface area (Å²) in [6, 6.07) is 0. The molecule has 0 aromatic heterocycles. The Hall–Kier alpha value is 0.360. The molecule has 64 valence electrons. The molecular weight excluding hydrogens is 212 g/mol. The van der Waals surface area contributed by atoms with E-state index >= 15 is 0 Å². The van der Waals surface area contributed by atoms with Crippen LogP contribution in [0.4, 0.5) is 0 Å². The molecule has 1 aliphatic carbocycles. The van der Waals surface area contributed by atoms with Crippen molar-refractivity contribution < 1.29 is 14.6 Å². The maximum Gasteiger partial charge on any atom is 0.183 e. The van der Waals surface area contributed by atoms with Crippen molar-refractivity contribution in [1.82, 2.24) is 0 Å². The van der Waals surface area contributed by atoms with Gasteiger partial charge in [0.1, 0.15) is 0 Å². The number of hydrogen-bond acceptors (Lipinski definition) is 3. The number of hydrogen-bond donors (Lipinski definition) is 1. The first-order valence-electron chi connectivity index (χ1n) is 3.85. The summed E-state index contributed by atoms with van der Waals surface area (Å²) >= 11 is 3.39. The smallest absolute Gasteiger partial charge is 0.183 e. The molecule has 4 heteroatoms. The highest BCUT2D eigenvalue weighted by Gasteiger charge is 2.51. The van der Waals surface area contributed by atoms with Gasteiger partial charge >= 0.3 is 0 Å². The van der Waals surface area contributed by atoms with E-state index in [0.29, 0.717) is 13.2 Å². The summed E-state index contributed by atoms with van der Waals surface area (Å²) < 4.78 is 10.9. The van der Waals surface area contributed by atoms with Crippen LogP contribution in [-0.2, 0) is 9.47 Å². The molecular formula is C7H11BrO3. The molecule has 0 unspecified atom stereocenters. The summed E-state index contributed by atoms with van der Waals surface area (Å²) in [6.45, 7) is 1.30. The fraction of sp³-hybridized carbons (Fsp3) is 1.00. The van der Waals surface area contributed by atoms with Gasteiger partial charge in [-0.1, -0.05) is 15.9 Å². The van der Waals surface area contributed by atoms with E-state index in [9.17, 15) is 5.11 Å². The number of aliphatic hydroxyl groups excluding tert-OH is 1. The SMILES string of the molecule is O[C@@H]1CCC2(OCCO2)[C@@H]1Br. The van der Waals surface area contributed by atoms with Crippen molar-refractivity contribution in [2.24, 2.45) is 0 Å². The number of ether oxygens (including phenoxy) is 2. The fourth-order valence-electron chi connectivity index (χ4n) is 1.70. The van der Waals surface area contributed by atoms with Gasteiger partial charge in [-0.05, 0) is 6.42 Å². The first-order chi connectivity index (χ1) is 5.25. The van der Waals surface area contributed by atoms with E-state index in [1.54, 1.807) is 0 Å². The fourth-order valence-corrected chi connectivity index (χ4v) is 2.46. The summed E-state index contributed by atoms with van der Waals surface area (Å²) in [4.78, 5) is -0.0579. The molecule has 3 nitrogen and oxygen atoms in total. The van der Waals surface area contributed by atoms with Gasteiger partial charge in [0.25, 0.3) is 0 Å². The minimum absolute atomic E-state index is 0.0579. The minimum atomic E-state index is -0.514. The summed E-state index contributed by atoms with van der Waals surface area (Å²) in [5.74, 6) is -0.514. The summed E-state index contributed by atoms with van der Waals surface area (Å²) in [7, 11) is 0. The van der Waals surface area contributed by atoms with Gasteiger partial charge < -0.3 is 14.6 Å². The van der Waals surface area contributed by atoms with Crippen LogP contribution in [-0.4, -0.2) is 35.0 Å². The zero-order valence-corrected chi connectivity index (χ0v) is 7.71. The monoisotopic (exact) mass is 222 g/mol. The summed E-state index contributed by atoms with van der Waals surface area (Å²) in [6.07, 6.45) is 1.23. The molecule has 1 saturated heterocycles. The predicted octanol–water partition coefficient (Wildman–Crippen LogP) is 0.648. The first-order valence-corrected chi connectivity index (χ1v) is 4.76. The molecule has 1 heterocycles. The second kappa shape index (κ2) is 2.69. The van der Waals surface area contributed by atoms with Crippen molar-refractivity contribution in [2.75, 3.05) is 13.2 Å². The topological polar surface area (TPSA) is 38.7 Å². The Labute approximate surface area is 73.8 Å². The Balaban J connectivity index is 2.13. The molecule has 1 saturated carbocycles. The molecule has 0 amide bonds. The van der Waals surface area contributed by atoms with Gasteiger partial charge in [-0.3, -0.25) is 0 Å². The van der Waals surface area contributed by atoms with Gasteiger partial charge in [0.05, 0.1) is 24.1 Å². The second-order valence-corrected chi connectivity index (χ2v) is 4.00. The first kappa shape index (κ1) is 7.98. The third-order valence-corrected chi connectivity index (χ3v) is 3.63. The van der Waals surface area contributed by atoms with Gasteiger partial charge in [0.2, 0.25) is 0 Å². The molecule has 2 fully saturated rings. The van der Waals surface area contributed by atoms with Crippen LogP contribution in [0.5, 0.6) is 0 Å². The van der Waals surface area contributed by atoms with Crippen molar-refractivity contribution in [2.45, 2.75) is 29.6 Å². The quantitative estimate of drug-likeness (QED) is 0.612. The van der Waals surface area contributed by atoms with Crippen LogP contribution >= 0.6 is 15.9 Å². The van der Waals surface area contributed by atoms with Crippen LogP contribution in [0.1, 0.15) is 12.8 Å². The van der Waals surface area contributed by atoms with Crippen LogP contribution < -0.4 is 0 Å². The van der Waals surface area contributed by atoms with Gasteiger partial charge in [0.15, 0.2) is 5.79 Å². The Bertz CT molecular complexity index is 156. The van der Waals surface area contributed by atoms with Gasteiger partial charge in [0, 0.05) is 6.42 Å². The molecule has 1 N–H and O–H groups in total. The predicted molar refractivity (Wildman–Crippen MR) is 42.6 cm³/mol. The van der Waals surface area contributed by atoms with Gasteiger partial charge in [-0.25, -0.2) is 0 Å². The van der Waals surface area contributed by atoms with Crippen molar-refractivity contribution in [3.8, 4) is 0 Å². The van der Waals surface area contributed by atoms with E-state index in [4.69, 9.17) is 9.47 Å². The lowest BCUT2D eigenvalue weighted by Crippen LogP contribution is -2.38. The standard InChI is InChI=1S/C7H11BrO3/c8-6-5(9)1-2-7(6)10-3-4-11-7/h5-6,9H,1-4H2/t5-,6-/m1/s1. The highest BCUT2D eigenvalue weighted by molar-refractivity contribution is 9.09. The van der Waals surface area contributed by atoms with Crippen molar-refractivity contribution in [3.05, 3.63) is 0 Å². The van der Waals surface area contributed by atoms with E-state index in [1.807, 2.05) is 0 Å². The lowest BCUT2D eigenvalue weighted by molar-refractivity contribution is -0.148. The maximum atomic E-state index is 9.42. The van der Waals surface area contributed by atoms with Gasteiger partial charge in [-0.15, -0.1) is 0 Å². The minimum Gasteiger partial charge on any atom is -0.392 e. The molecule has 11 heavy (non-hydrogen) atoms. The molecule has 1 aliphatic heterocycles.